The molecule has 0 radical (unpaired) electrons. The lowest BCUT2D eigenvalue weighted by atomic mass is 10.6. The van der Waals surface area contributed by atoms with Gasteiger partial charge in [0.05, 0.1) is 12.4 Å². The van der Waals surface area contributed by atoms with Gasteiger partial charge in [0.1, 0.15) is 0 Å². The lowest BCUT2D eigenvalue weighted by Crippen LogP contribution is -2.21. The van der Waals surface area contributed by atoms with Crippen molar-refractivity contribution < 1.29 is 15.3 Å². The molecule has 1 aliphatic heterocycles. The third-order valence-corrected chi connectivity index (χ3v) is 1.24. The zero-order valence-electron chi connectivity index (χ0n) is 6.06. The van der Waals surface area contributed by atoms with Crippen molar-refractivity contribution in [3.05, 3.63) is 39.1 Å². The number of rotatable bonds is 2. The standard InChI is InChI=1S/C4H4N4O5/c9-5-3(8(12)13)4-6(10)1-2-7(4)11/h1-2,10-11H. The fourth-order valence-electron chi connectivity index (χ4n) is 0.733. The number of nitro groups is 1. The molecule has 0 fully saturated rings. The first-order valence-corrected chi connectivity index (χ1v) is 2.94. The molecule has 1 heterocycles. The van der Waals surface area contributed by atoms with E-state index in [0.29, 0.717) is 0 Å². The predicted octanol–water partition coefficient (Wildman–Crippen LogP) is 0.0233. The maximum atomic E-state index is 10.2. The monoisotopic (exact) mass is 188 g/mol. The molecule has 0 unspecified atom stereocenters. The van der Waals surface area contributed by atoms with Gasteiger partial charge in [-0.1, -0.05) is 0 Å². The molecule has 1 aliphatic rings. The molecule has 0 spiro atoms. The normalized spacial score (nSPS) is 15.1. The lowest BCUT2D eigenvalue weighted by Gasteiger charge is -2.11. The number of hydrogen-bond acceptors (Lipinski definition) is 8. The van der Waals surface area contributed by atoms with E-state index in [1.165, 1.54) is 0 Å². The molecule has 0 saturated carbocycles. The first-order chi connectivity index (χ1) is 6.07. The second-order valence-corrected chi connectivity index (χ2v) is 1.98. The van der Waals surface area contributed by atoms with Crippen molar-refractivity contribution in [2.45, 2.75) is 0 Å². The van der Waals surface area contributed by atoms with E-state index in [-0.39, 0.29) is 10.1 Å². The third kappa shape index (κ3) is 1.45. The fraction of sp³-hybridized carbons (Fsp3) is 0. The van der Waals surface area contributed by atoms with E-state index < -0.39 is 16.6 Å². The van der Waals surface area contributed by atoms with E-state index in [1.54, 1.807) is 0 Å². The number of nitroso groups, excluding NO2 is 1. The van der Waals surface area contributed by atoms with Crippen molar-refractivity contribution in [2.75, 3.05) is 0 Å². The molecule has 0 aliphatic carbocycles. The highest BCUT2D eigenvalue weighted by atomic mass is 16.6. The van der Waals surface area contributed by atoms with Crippen LogP contribution >= 0.6 is 0 Å². The summed E-state index contributed by atoms with van der Waals surface area (Å²) in [5, 5.41) is 30.4. The van der Waals surface area contributed by atoms with Gasteiger partial charge in [0, 0.05) is 0 Å². The van der Waals surface area contributed by atoms with Crippen molar-refractivity contribution in [2.24, 2.45) is 5.18 Å². The molecule has 0 amide bonds. The van der Waals surface area contributed by atoms with E-state index in [2.05, 4.69) is 5.18 Å². The smallest absolute Gasteiger partial charge is 0.358 e. The summed E-state index contributed by atoms with van der Waals surface area (Å²) in [5.41, 5.74) is 0. The molecule has 2 N–H and O–H groups in total. The predicted molar refractivity (Wildman–Crippen MR) is 36.2 cm³/mol. The second kappa shape index (κ2) is 3.16. The molecule has 0 saturated heterocycles. The number of hydrogen-bond donors (Lipinski definition) is 2. The molecule has 0 aromatic carbocycles. The molecular weight excluding hydrogens is 184 g/mol. The Hall–Kier alpha value is -2.00. The molecule has 9 nitrogen and oxygen atoms in total. The fourth-order valence-corrected chi connectivity index (χ4v) is 0.733. The van der Waals surface area contributed by atoms with Crippen LogP contribution in [-0.4, -0.2) is 25.5 Å². The third-order valence-electron chi connectivity index (χ3n) is 1.24. The summed E-state index contributed by atoms with van der Waals surface area (Å²) in [7, 11) is 0. The molecule has 13 heavy (non-hydrogen) atoms. The first-order valence-electron chi connectivity index (χ1n) is 2.94. The lowest BCUT2D eigenvalue weighted by molar-refractivity contribution is -0.431. The van der Waals surface area contributed by atoms with Crippen LogP contribution in [0.2, 0.25) is 0 Å². The Morgan fingerprint density at radius 2 is 1.92 bits per heavy atom. The molecule has 9 heteroatoms. The van der Waals surface area contributed by atoms with E-state index >= 15 is 0 Å². The molecule has 0 aromatic rings. The molecular formula is C4H4N4O5. The van der Waals surface area contributed by atoms with E-state index in [9.17, 15) is 15.0 Å². The van der Waals surface area contributed by atoms with Crippen LogP contribution < -0.4 is 0 Å². The Kier molecular flexibility index (Phi) is 2.21. The van der Waals surface area contributed by atoms with Crippen LogP contribution in [0.5, 0.6) is 0 Å². The Labute approximate surface area is 70.8 Å². The van der Waals surface area contributed by atoms with Crippen LogP contribution in [0.25, 0.3) is 0 Å². The minimum absolute atomic E-state index is 0.208. The van der Waals surface area contributed by atoms with E-state index in [4.69, 9.17) is 10.4 Å². The van der Waals surface area contributed by atoms with Gasteiger partial charge >= 0.3 is 5.82 Å². The largest absolute Gasteiger partial charge is 0.460 e. The molecule has 0 atom stereocenters. The van der Waals surface area contributed by atoms with E-state index in [0.717, 1.165) is 12.4 Å². The average Bonchev–Trinajstić information content (AvgIpc) is 2.36. The summed E-state index contributed by atoms with van der Waals surface area (Å²) in [6.07, 6.45) is 1.81. The van der Waals surface area contributed by atoms with Crippen molar-refractivity contribution in [1.29, 1.82) is 0 Å². The number of hydroxylamine groups is 4. The van der Waals surface area contributed by atoms with Crippen molar-refractivity contribution in [3.8, 4) is 0 Å². The quantitative estimate of drug-likeness (QED) is 0.356. The maximum absolute atomic E-state index is 10.2. The van der Waals surface area contributed by atoms with Gasteiger partial charge in [-0.25, -0.2) is 10.1 Å². The summed E-state index contributed by atoms with van der Waals surface area (Å²) in [6.45, 7) is 0. The Morgan fingerprint density at radius 3 is 2.23 bits per heavy atom. The highest BCUT2D eigenvalue weighted by Crippen LogP contribution is 2.19. The van der Waals surface area contributed by atoms with Crippen LogP contribution in [0.3, 0.4) is 0 Å². The highest BCUT2D eigenvalue weighted by molar-refractivity contribution is 5.11. The van der Waals surface area contributed by atoms with Crippen LogP contribution in [0, 0.1) is 15.0 Å². The highest BCUT2D eigenvalue weighted by Gasteiger charge is 2.31. The minimum atomic E-state index is -1.19. The van der Waals surface area contributed by atoms with Gasteiger partial charge < -0.3 is 10.1 Å². The Bertz CT molecular complexity index is 296. The SMILES string of the molecule is O=NC(=C1N(O)C=CN1O)[N+](=O)[O-]. The molecule has 70 valence electrons. The summed E-state index contributed by atoms with van der Waals surface area (Å²) >= 11 is 0. The second-order valence-electron chi connectivity index (χ2n) is 1.98. The zero-order chi connectivity index (χ0) is 10.0. The average molecular weight is 188 g/mol. The van der Waals surface area contributed by atoms with Gasteiger partial charge in [-0.15, -0.1) is 0 Å². The maximum Gasteiger partial charge on any atom is 0.460 e. The van der Waals surface area contributed by atoms with Crippen molar-refractivity contribution in [3.63, 3.8) is 0 Å². The molecule has 1 rings (SSSR count). The zero-order valence-corrected chi connectivity index (χ0v) is 6.06. The number of nitrogens with zero attached hydrogens (tertiary/aromatic N) is 4. The van der Waals surface area contributed by atoms with Gasteiger partial charge in [0.15, 0.2) is 0 Å². The molecule has 0 aromatic heterocycles. The van der Waals surface area contributed by atoms with Gasteiger partial charge in [-0.2, -0.15) is 0 Å². The first kappa shape index (κ1) is 9.09. The van der Waals surface area contributed by atoms with Crippen LogP contribution in [0.4, 0.5) is 0 Å². The van der Waals surface area contributed by atoms with Crippen LogP contribution in [-0.2, 0) is 0 Å². The van der Waals surface area contributed by atoms with Crippen LogP contribution in [0.15, 0.2) is 29.2 Å². The Morgan fingerprint density at radius 1 is 1.46 bits per heavy atom. The van der Waals surface area contributed by atoms with E-state index in [1.807, 2.05) is 0 Å². The topological polar surface area (TPSA) is 120 Å². The molecule has 0 bridgehead atoms. The minimum Gasteiger partial charge on any atom is -0.358 e. The van der Waals surface area contributed by atoms with Gasteiger partial charge in [-0.3, -0.25) is 10.4 Å². The van der Waals surface area contributed by atoms with Crippen LogP contribution in [0.1, 0.15) is 0 Å². The summed E-state index contributed by atoms with van der Waals surface area (Å²) in [6, 6.07) is 0. The van der Waals surface area contributed by atoms with Gasteiger partial charge in [-0.05, 0) is 9.83 Å². The van der Waals surface area contributed by atoms with Gasteiger partial charge in [0.25, 0.3) is 5.82 Å². The van der Waals surface area contributed by atoms with Gasteiger partial charge in [0.2, 0.25) is 5.18 Å². The van der Waals surface area contributed by atoms with Crippen molar-refractivity contribution in [1.82, 2.24) is 10.1 Å². The summed E-state index contributed by atoms with van der Waals surface area (Å²) < 4.78 is 0. The summed E-state index contributed by atoms with van der Waals surface area (Å²) in [4.78, 5) is 19.0. The van der Waals surface area contributed by atoms with Crippen molar-refractivity contribution >= 4 is 0 Å². The summed E-state index contributed by atoms with van der Waals surface area (Å²) in [5.74, 6) is -1.91. The Balaban J connectivity index is 3.14.